The van der Waals surface area contributed by atoms with E-state index in [1.165, 1.54) is 31.4 Å². The first-order valence-corrected chi connectivity index (χ1v) is 6.63. The van der Waals surface area contributed by atoms with Crippen LogP contribution < -0.4 is 10.6 Å². The van der Waals surface area contributed by atoms with Crippen LogP contribution in [0.3, 0.4) is 0 Å². The highest BCUT2D eigenvalue weighted by Crippen LogP contribution is 2.33. The number of hydrogen-bond acceptors (Lipinski definition) is 3. The second kappa shape index (κ2) is 4.48. The number of pyridine rings is 1. The molecule has 18 heavy (non-hydrogen) atoms. The van der Waals surface area contributed by atoms with Gasteiger partial charge in [-0.15, -0.1) is 0 Å². The second-order valence-electron chi connectivity index (χ2n) is 5.12. The summed E-state index contributed by atoms with van der Waals surface area (Å²) >= 11 is 0. The predicted molar refractivity (Wildman–Crippen MR) is 76.8 cm³/mol. The topological polar surface area (TPSA) is 42.1 Å². The number of rotatable bonds is 2. The fraction of sp³-hybridized carbons (Fsp3) is 0.400. The van der Waals surface area contributed by atoms with E-state index in [2.05, 4.69) is 29.1 Å². The van der Waals surface area contributed by atoms with E-state index in [1.807, 2.05) is 12.1 Å². The average molecular weight is 241 g/mol. The molecule has 0 radical (unpaired) electrons. The minimum Gasteiger partial charge on any atom is -0.397 e. The monoisotopic (exact) mass is 241 g/mol. The van der Waals surface area contributed by atoms with Crippen molar-refractivity contribution in [3.05, 3.63) is 30.5 Å². The first kappa shape index (κ1) is 11.3. The van der Waals surface area contributed by atoms with E-state index in [0.717, 1.165) is 16.6 Å². The molecule has 0 spiro atoms. The molecule has 1 aromatic heterocycles. The highest BCUT2D eigenvalue weighted by molar-refractivity contribution is 5.98. The molecule has 1 heterocycles. The molecule has 3 heteroatoms. The number of nitrogens with zero attached hydrogens (tertiary/aromatic N) is 2. The lowest BCUT2D eigenvalue weighted by Gasteiger charge is -2.27. The quantitative estimate of drug-likeness (QED) is 0.821. The highest BCUT2D eigenvalue weighted by Gasteiger charge is 2.21. The van der Waals surface area contributed by atoms with Gasteiger partial charge in [-0.2, -0.15) is 0 Å². The summed E-state index contributed by atoms with van der Waals surface area (Å²) < 4.78 is 0. The number of nitrogen functional groups attached to an aromatic ring is 1. The van der Waals surface area contributed by atoms with Crippen LogP contribution in [0.1, 0.15) is 25.7 Å². The van der Waals surface area contributed by atoms with Crippen LogP contribution in [-0.4, -0.2) is 18.1 Å². The van der Waals surface area contributed by atoms with Gasteiger partial charge in [0.2, 0.25) is 0 Å². The fourth-order valence-corrected chi connectivity index (χ4v) is 2.98. The van der Waals surface area contributed by atoms with Crippen molar-refractivity contribution in [3.8, 4) is 0 Å². The van der Waals surface area contributed by atoms with Crippen LogP contribution in [0.5, 0.6) is 0 Å². The largest absolute Gasteiger partial charge is 0.397 e. The first-order valence-electron chi connectivity index (χ1n) is 6.63. The fourth-order valence-electron chi connectivity index (χ4n) is 2.98. The summed E-state index contributed by atoms with van der Waals surface area (Å²) in [6.07, 6.45) is 7.09. The third-order valence-corrected chi connectivity index (χ3v) is 4.03. The Morgan fingerprint density at radius 3 is 2.78 bits per heavy atom. The van der Waals surface area contributed by atoms with Crippen molar-refractivity contribution in [2.24, 2.45) is 0 Å². The molecule has 0 amide bonds. The summed E-state index contributed by atoms with van der Waals surface area (Å²) in [5, 5.41) is 1.16. The zero-order chi connectivity index (χ0) is 12.5. The van der Waals surface area contributed by atoms with Crippen LogP contribution in [0, 0.1) is 0 Å². The minimum atomic E-state index is 0.664. The summed E-state index contributed by atoms with van der Waals surface area (Å²) in [6, 6.07) is 8.85. The predicted octanol–water partition coefficient (Wildman–Crippen LogP) is 3.20. The van der Waals surface area contributed by atoms with Crippen molar-refractivity contribution < 1.29 is 0 Å². The summed E-state index contributed by atoms with van der Waals surface area (Å²) in [4.78, 5) is 6.80. The van der Waals surface area contributed by atoms with Gasteiger partial charge >= 0.3 is 0 Å². The zero-order valence-corrected chi connectivity index (χ0v) is 10.8. The molecule has 2 N–H and O–H groups in total. The van der Waals surface area contributed by atoms with Gasteiger partial charge in [0, 0.05) is 30.4 Å². The Labute approximate surface area is 108 Å². The Morgan fingerprint density at radius 2 is 2.00 bits per heavy atom. The molecule has 94 valence electrons. The van der Waals surface area contributed by atoms with Gasteiger partial charge in [0.15, 0.2) is 0 Å². The average Bonchev–Trinajstić information content (AvgIpc) is 2.93. The van der Waals surface area contributed by atoms with E-state index in [4.69, 9.17) is 5.73 Å². The Kier molecular flexibility index (Phi) is 2.82. The van der Waals surface area contributed by atoms with Gasteiger partial charge in [0.25, 0.3) is 0 Å². The number of benzene rings is 1. The maximum absolute atomic E-state index is 6.00. The number of nitrogens with two attached hydrogens (primary N) is 1. The van der Waals surface area contributed by atoms with E-state index in [9.17, 15) is 0 Å². The maximum Gasteiger partial charge on any atom is 0.0951 e. The van der Waals surface area contributed by atoms with Crippen molar-refractivity contribution >= 4 is 22.3 Å². The molecule has 0 unspecified atom stereocenters. The van der Waals surface area contributed by atoms with Crippen LogP contribution in [-0.2, 0) is 0 Å². The highest BCUT2D eigenvalue weighted by atomic mass is 15.1. The van der Waals surface area contributed by atoms with Crippen LogP contribution >= 0.6 is 0 Å². The SMILES string of the molecule is CN(c1ccc(N)c2ncccc12)C1CCCC1. The molecule has 3 rings (SSSR count). The molecular weight excluding hydrogens is 222 g/mol. The van der Waals surface area contributed by atoms with Gasteiger partial charge in [-0.3, -0.25) is 4.98 Å². The molecule has 0 atom stereocenters. The minimum absolute atomic E-state index is 0.664. The van der Waals surface area contributed by atoms with Gasteiger partial charge in [-0.1, -0.05) is 12.8 Å². The lowest BCUT2D eigenvalue weighted by molar-refractivity contribution is 0.655. The smallest absolute Gasteiger partial charge is 0.0951 e. The molecule has 1 aromatic carbocycles. The molecule has 0 aliphatic heterocycles. The standard InChI is InChI=1S/C15H19N3/c1-18(11-5-2-3-6-11)14-9-8-13(16)15-12(14)7-4-10-17-15/h4,7-11H,2-3,5-6,16H2,1H3. The Morgan fingerprint density at radius 1 is 1.22 bits per heavy atom. The summed E-state index contributed by atoms with van der Waals surface area (Å²) in [6.45, 7) is 0. The van der Waals surface area contributed by atoms with Gasteiger partial charge in [0.05, 0.1) is 11.2 Å². The molecular formula is C15H19N3. The van der Waals surface area contributed by atoms with Gasteiger partial charge in [-0.05, 0) is 37.1 Å². The summed E-state index contributed by atoms with van der Waals surface area (Å²) in [5.74, 6) is 0. The number of aromatic nitrogens is 1. The van der Waals surface area contributed by atoms with Crippen molar-refractivity contribution in [1.82, 2.24) is 4.98 Å². The molecule has 1 saturated carbocycles. The third kappa shape index (κ3) is 1.80. The maximum atomic E-state index is 6.00. The molecule has 3 nitrogen and oxygen atoms in total. The lowest BCUT2D eigenvalue weighted by Crippen LogP contribution is -2.28. The van der Waals surface area contributed by atoms with E-state index in [1.54, 1.807) is 6.20 Å². The van der Waals surface area contributed by atoms with E-state index in [-0.39, 0.29) is 0 Å². The van der Waals surface area contributed by atoms with Crippen molar-refractivity contribution in [3.63, 3.8) is 0 Å². The van der Waals surface area contributed by atoms with Crippen molar-refractivity contribution in [2.75, 3.05) is 17.7 Å². The summed E-state index contributed by atoms with van der Waals surface area (Å²) in [7, 11) is 2.19. The lowest BCUT2D eigenvalue weighted by atomic mass is 10.1. The normalized spacial score (nSPS) is 16.3. The van der Waals surface area contributed by atoms with Gasteiger partial charge in [0.1, 0.15) is 0 Å². The molecule has 1 aliphatic carbocycles. The second-order valence-corrected chi connectivity index (χ2v) is 5.12. The van der Waals surface area contributed by atoms with Crippen molar-refractivity contribution in [2.45, 2.75) is 31.7 Å². The zero-order valence-electron chi connectivity index (χ0n) is 10.8. The number of fused-ring (bicyclic) bond motifs is 1. The molecule has 1 aliphatic rings. The van der Waals surface area contributed by atoms with Crippen LogP contribution in [0.25, 0.3) is 10.9 Å². The van der Waals surface area contributed by atoms with Crippen LogP contribution in [0.2, 0.25) is 0 Å². The van der Waals surface area contributed by atoms with E-state index >= 15 is 0 Å². The first-order chi connectivity index (χ1) is 8.77. The van der Waals surface area contributed by atoms with E-state index < -0.39 is 0 Å². The number of hydrogen-bond donors (Lipinski definition) is 1. The Bertz CT molecular complexity index is 559. The van der Waals surface area contributed by atoms with Crippen LogP contribution in [0.4, 0.5) is 11.4 Å². The summed E-state index contributed by atoms with van der Waals surface area (Å²) in [5.41, 5.74) is 8.92. The molecule has 0 saturated heterocycles. The van der Waals surface area contributed by atoms with Gasteiger partial charge in [-0.25, -0.2) is 0 Å². The third-order valence-electron chi connectivity index (χ3n) is 4.03. The Balaban J connectivity index is 2.08. The van der Waals surface area contributed by atoms with Crippen molar-refractivity contribution in [1.29, 1.82) is 0 Å². The van der Waals surface area contributed by atoms with E-state index in [0.29, 0.717) is 6.04 Å². The van der Waals surface area contributed by atoms with Gasteiger partial charge < -0.3 is 10.6 Å². The van der Waals surface area contributed by atoms with Crippen LogP contribution in [0.15, 0.2) is 30.5 Å². The number of anilines is 2. The molecule has 0 bridgehead atoms. The molecule has 2 aromatic rings. The Hall–Kier alpha value is -1.77. The molecule has 1 fully saturated rings.